The Morgan fingerprint density at radius 3 is 2.38 bits per heavy atom. The summed E-state index contributed by atoms with van der Waals surface area (Å²) in [6.45, 7) is 5.76. The average Bonchev–Trinajstić information content (AvgIpc) is 3.54. The van der Waals surface area contributed by atoms with Crippen molar-refractivity contribution < 1.29 is 23.1 Å². The molecule has 1 atom stereocenters. The topological polar surface area (TPSA) is 88.7 Å². The summed E-state index contributed by atoms with van der Waals surface area (Å²) in [5, 5.41) is 22.8. The number of amides is 1. The molecule has 2 N–H and O–H groups in total. The Bertz CT molecular complexity index is 1720. The van der Waals surface area contributed by atoms with Crippen molar-refractivity contribution >= 4 is 23.5 Å². The Labute approximate surface area is 260 Å². The zero-order valence-corrected chi connectivity index (χ0v) is 25.0. The number of anilines is 1. The molecule has 1 aliphatic rings. The van der Waals surface area contributed by atoms with Crippen LogP contribution < -0.4 is 10.2 Å². The fourth-order valence-corrected chi connectivity index (χ4v) is 5.43. The van der Waals surface area contributed by atoms with E-state index in [0.717, 1.165) is 54.0 Å². The minimum absolute atomic E-state index is 0.0320. The van der Waals surface area contributed by atoms with Crippen molar-refractivity contribution in [2.45, 2.75) is 44.8 Å². The number of phenolic OH excluding ortho intramolecular Hbond substituents is 1. The molecule has 1 saturated heterocycles. The quantitative estimate of drug-likeness (QED) is 0.198. The van der Waals surface area contributed by atoms with E-state index in [2.05, 4.69) is 21.3 Å². The molecule has 4 aromatic carbocycles. The van der Waals surface area contributed by atoms with Crippen molar-refractivity contribution in [1.29, 1.82) is 5.26 Å². The van der Waals surface area contributed by atoms with Gasteiger partial charge in [0.1, 0.15) is 11.4 Å². The van der Waals surface area contributed by atoms with E-state index in [1.807, 2.05) is 38.1 Å². The maximum absolute atomic E-state index is 12.9. The van der Waals surface area contributed by atoms with Gasteiger partial charge in [-0.05, 0) is 83.1 Å². The van der Waals surface area contributed by atoms with Gasteiger partial charge in [-0.15, -0.1) is 0 Å². The van der Waals surface area contributed by atoms with Gasteiger partial charge < -0.3 is 15.3 Å². The normalized spacial score (nSPS) is 15.0. The summed E-state index contributed by atoms with van der Waals surface area (Å²) in [7, 11) is 0. The lowest BCUT2D eigenvalue weighted by Crippen LogP contribution is -2.23. The predicted molar refractivity (Wildman–Crippen MR) is 169 cm³/mol. The molecule has 1 amide bonds. The summed E-state index contributed by atoms with van der Waals surface area (Å²) in [5.41, 5.74) is 4.87. The van der Waals surface area contributed by atoms with Crippen LogP contribution in [0.25, 0.3) is 0 Å². The minimum Gasteiger partial charge on any atom is -0.505 e. The zero-order valence-electron chi connectivity index (χ0n) is 25.0. The molecular formula is C36H33F3N4O2. The van der Waals surface area contributed by atoms with Crippen LogP contribution in [-0.4, -0.2) is 30.3 Å². The second-order valence-corrected chi connectivity index (χ2v) is 11.5. The summed E-state index contributed by atoms with van der Waals surface area (Å²) in [6, 6.07) is 25.6. The van der Waals surface area contributed by atoms with Crippen LogP contribution in [0.1, 0.15) is 75.8 Å². The Morgan fingerprint density at radius 1 is 1.07 bits per heavy atom. The minimum atomic E-state index is -4.33. The molecule has 9 heteroatoms. The number of hydrogen-bond acceptors (Lipinski definition) is 5. The maximum Gasteiger partial charge on any atom is 0.416 e. The van der Waals surface area contributed by atoms with Crippen molar-refractivity contribution in [2.24, 2.45) is 4.99 Å². The Kier molecular flexibility index (Phi) is 9.24. The van der Waals surface area contributed by atoms with E-state index in [9.17, 15) is 28.3 Å². The number of benzene rings is 4. The Morgan fingerprint density at radius 2 is 1.76 bits per heavy atom. The SMILES string of the molecule is CC(C)c1cc(C#N)cc(N=Cc2ccc(C(=O)NCc3ccc(N4CCC(c5ccc(C(F)(F)F)cc5)C4)cc3)cc2)c1O. The molecule has 45 heavy (non-hydrogen) atoms. The number of carbonyl (C=O) groups is 1. The fraction of sp³-hybridized carbons (Fsp3) is 0.250. The van der Waals surface area contributed by atoms with E-state index in [1.54, 1.807) is 48.7 Å². The average molecular weight is 611 g/mol. The van der Waals surface area contributed by atoms with Crippen LogP contribution in [0.5, 0.6) is 5.75 Å². The lowest BCUT2D eigenvalue weighted by molar-refractivity contribution is -0.137. The number of halogens is 3. The summed E-state index contributed by atoms with van der Waals surface area (Å²) in [5.74, 6) is 0.0302. The van der Waals surface area contributed by atoms with Gasteiger partial charge in [0.25, 0.3) is 5.91 Å². The molecule has 0 bridgehead atoms. The summed E-state index contributed by atoms with van der Waals surface area (Å²) in [4.78, 5) is 19.4. The molecule has 6 nitrogen and oxygen atoms in total. The second kappa shape index (κ2) is 13.3. The number of phenols is 1. The third-order valence-electron chi connectivity index (χ3n) is 8.05. The molecule has 0 spiro atoms. The number of nitrogens with zero attached hydrogens (tertiary/aromatic N) is 3. The first-order chi connectivity index (χ1) is 21.5. The highest BCUT2D eigenvalue weighted by atomic mass is 19.4. The van der Waals surface area contributed by atoms with Crippen LogP contribution in [-0.2, 0) is 12.7 Å². The molecule has 4 aromatic rings. The zero-order chi connectivity index (χ0) is 32.1. The third kappa shape index (κ3) is 7.52. The molecule has 5 rings (SSSR count). The summed E-state index contributed by atoms with van der Waals surface area (Å²) >= 11 is 0. The van der Waals surface area contributed by atoms with E-state index >= 15 is 0 Å². The Hall–Kier alpha value is -5.10. The molecule has 1 aliphatic heterocycles. The van der Waals surface area contributed by atoms with Crippen molar-refractivity contribution in [3.63, 3.8) is 0 Å². The van der Waals surface area contributed by atoms with Gasteiger partial charge in [0.05, 0.1) is 17.2 Å². The highest BCUT2D eigenvalue weighted by Crippen LogP contribution is 2.36. The lowest BCUT2D eigenvalue weighted by atomic mass is 9.97. The number of hydrogen-bond donors (Lipinski definition) is 2. The highest BCUT2D eigenvalue weighted by Gasteiger charge is 2.31. The van der Waals surface area contributed by atoms with Crippen molar-refractivity contribution in [2.75, 3.05) is 18.0 Å². The Balaban J connectivity index is 1.14. The first-order valence-corrected chi connectivity index (χ1v) is 14.7. The van der Waals surface area contributed by atoms with Crippen LogP contribution >= 0.6 is 0 Å². The lowest BCUT2D eigenvalue weighted by Gasteiger charge is -2.19. The second-order valence-electron chi connectivity index (χ2n) is 11.5. The molecule has 0 aromatic heterocycles. The third-order valence-corrected chi connectivity index (χ3v) is 8.05. The molecule has 1 unspecified atom stereocenters. The number of nitriles is 1. The molecule has 0 aliphatic carbocycles. The van der Waals surface area contributed by atoms with Crippen LogP contribution in [0.4, 0.5) is 24.5 Å². The highest BCUT2D eigenvalue weighted by molar-refractivity contribution is 5.95. The molecule has 1 fully saturated rings. The molecular weight excluding hydrogens is 577 g/mol. The molecule has 0 saturated carbocycles. The van der Waals surface area contributed by atoms with E-state index in [4.69, 9.17) is 0 Å². The van der Waals surface area contributed by atoms with Crippen LogP contribution in [0.15, 0.2) is 89.9 Å². The van der Waals surface area contributed by atoms with E-state index in [-0.39, 0.29) is 23.5 Å². The molecule has 230 valence electrons. The van der Waals surface area contributed by atoms with Gasteiger partial charge in [-0.1, -0.05) is 50.2 Å². The number of aromatic hydroxyl groups is 1. The number of carbonyl (C=O) groups excluding carboxylic acids is 1. The smallest absolute Gasteiger partial charge is 0.416 e. The van der Waals surface area contributed by atoms with Gasteiger partial charge in [0.15, 0.2) is 0 Å². The number of aliphatic imine (C=N–C) groups is 1. The van der Waals surface area contributed by atoms with E-state index < -0.39 is 11.7 Å². The van der Waals surface area contributed by atoms with Crippen molar-refractivity contribution in [3.05, 3.63) is 124 Å². The van der Waals surface area contributed by atoms with E-state index in [1.165, 1.54) is 6.07 Å². The van der Waals surface area contributed by atoms with Gasteiger partial charge in [0, 0.05) is 43.0 Å². The summed E-state index contributed by atoms with van der Waals surface area (Å²) in [6.07, 6.45) is -1.89. The van der Waals surface area contributed by atoms with Gasteiger partial charge in [-0.2, -0.15) is 18.4 Å². The van der Waals surface area contributed by atoms with Gasteiger partial charge in [0.2, 0.25) is 0 Å². The largest absolute Gasteiger partial charge is 0.505 e. The first-order valence-electron chi connectivity index (χ1n) is 14.7. The van der Waals surface area contributed by atoms with Crippen molar-refractivity contribution in [1.82, 2.24) is 5.32 Å². The first kappa shape index (κ1) is 31.3. The fourth-order valence-electron chi connectivity index (χ4n) is 5.43. The van der Waals surface area contributed by atoms with Crippen LogP contribution in [0.3, 0.4) is 0 Å². The number of rotatable bonds is 8. The van der Waals surface area contributed by atoms with E-state index in [0.29, 0.717) is 28.9 Å². The van der Waals surface area contributed by atoms with Crippen molar-refractivity contribution in [3.8, 4) is 11.8 Å². The van der Waals surface area contributed by atoms with Gasteiger partial charge in [-0.3, -0.25) is 9.79 Å². The maximum atomic E-state index is 12.9. The van der Waals surface area contributed by atoms with Gasteiger partial charge >= 0.3 is 6.18 Å². The molecule has 1 heterocycles. The predicted octanol–water partition coefficient (Wildman–Crippen LogP) is 8.08. The van der Waals surface area contributed by atoms with Gasteiger partial charge in [-0.25, -0.2) is 0 Å². The van der Waals surface area contributed by atoms with Crippen LogP contribution in [0, 0.1) is 11.3 Å². The molecule has 0 radical (unpaired) electrons. The monoisotopic (exact) mass is 610 g/mol. The number of nitrogens with one attached hydrogen (secondary N) is 1. The number of alkyl halides is 3. The standard InChI is InChI=1S/C36H33F3N4O2/c1-23(2)32-17-26(19-40)18-33(34(32)44)41-20-24-3-7-28(8-4-24)35(45)42-21-25-5-13-31(14-6-25)43-16-15-29(22-43)27-9-11-30(12-10-27)36(37,38)39/h3-14,17-18,20,23,29,44H,15-16,21-22H2,1-2H3,(H,42,45). The van der Waals surface area contributed by atoms with Crippen LogP contribution in [0.2, 0.25) is 0 Å². The summed E-state index contributed by atoms with van der Waals surface area (Å²) < 4.78 is 38.7.